The molecule has 0 saturated carbocycles. The molecule has 0 radical (unpaired) electrons. The van der Waals surface area contributed by atoms with Gasteiger partial charge in [-0.1, -0.05) is 12.1 Å². The van der Waals surface area contributed by atoms with Crippen LogP contribution in [0, 0.1) is 18.2 Å². The lowest BCUT2D eigenvalue weighted by molar-refractivity contribution is -0.120. The van der Waals surface area contributed by atoms with Crippen molar-refractivity contribution in [2.24, 2.45) is 7.05 Å². The summed E-state index contributed by atoms with van der Waals surface area (Å²) in [6, 6.07) is 9.68. The van der Waals surface area contributed by atoms with Gasteiger partial charge in [-0.15, -0.1) is 0 Å². The average molecular weight is 495 g/mol. The van der Waals surface area contributed by atoms with Gasteiger partial charge in [-0.2, -0.15) is 5.10 Å². The summed E-state index contributed by atoms with van der Waals surface area (Å²) in [5, 5.41) is 6.63. The van der Waals surface area contributed by atoms with E-state index in [1.54, 1.807) is 33.0 Å². The fourth-order valence-electron chi connectivity index (χ4n) is 3.86. The van der Waals surface area contributed by atoms with E-state index in [2.05, 4.69) is 15.3 Å². The van der Waals surface area contributed by atoms with Gasteiger partial charge in [0.2, 0.25) is 5.69 Å². The third kappa shape index (κ3) is 4.13. The minimum Gasteiger partial charge on any atom is -0.347 e. The Balaban J connectivity index is 1.59. The molecule has 35 heavy (non-hydrogen) atoms. The third-order valence-electron chi connectivity index (χ3n) is 5.77. The Hall–Kier alpha value is -4.17. The summed E-state index contributed by atoms with van der Waals surface area (Å²) in [7, 11) is 1.63. The van der Waals surface area contributed by atoms with Crippen molar-refractivity contribution < 1.29 is 18.4 Å². The van der Waals surface area contributed by atoms with Crippen LogP contribution >= 0.6 is 12.2 Å². The second kappa shape index (κ2) is 8.88. The number of carbonyl (C=O) groups excluding carboxylic acids is 2. The molecule has 0 unspecified atom stereocenters. The summed E-state index contributed by atoms with van der Waals surface area (Å²) in [4.78, 5) is 31.3. The van der Waals surface area contributed by atoms with Crippen molar-refractivity contribution in [3.8, 4) is 0 Å². The minimum absolute atomic E-state index is 0.0478. The topological polar surface area (TPSA) is 74.8 Å². The molecule has 0 spiro atoms. The summed E-state index contributed by atoms with van der Waals surface area (Å²) < 4.78 is 30.6. The SMILES string of the molecule is [C-]#[N+]c1ccc(N2C(=O)C(C)(C)N(c3ccc(CNC(=O)c4ccnn4C)c(F)c3)C2=S)cc1F. The predicted octanol–water partition coefficient (Wildman–Crippen LogP) is 4.10. The van der Waals surface area contributed by atoms with Gasteiger partial charge < -0.3 is 10.2 Å². The normalized spacial score (nSPS) is 14.9. The molecule has 2 amide bonds. The highest BCUT2D eigenvalue weighted by atomic mass is 32.1. The molecule has 2 aromatic carbocycles. The van der Waals surface area contributed by atoms with Crippen LogP contribution in [0.1, 0.15) is 29.9 Å². The molecule has 178 valence electrons. The van der Waals surface area contributed by atoms with Crippen LogP contribution in [0.5, 0.6) is 0 Å². The lowest BCUT2D eigenvalue weighted by Gasteiger charge is -2.29. The average Bonchev–Trinajstić information content (AvgIpc) is 3.31. The number of aromatic nitrogens is 2. The Morgan fingerprint density at radius 2 is 1.83 bits per heavy atom. The van der Waals surface area contributed by atoms with Gasteiger partial charge >= 0.3 is 0 Å². The Morgan fingerprint density at radius 3 is 2.43 bits per heavy atom. The van der Waals surface area contributed by atoms with Gasteiger partial charge in [0, 0.05) is 31.0 Å². The molecule has 1 aliphatic rings. The van der Waals surface area contributed by atoms with Gasteiger partial charge in [0.1, 0.15) is 22.9 Å². The zero-order chi connectivity index (χ0) is 25.5. The maximum absolute atomic E-state index is 15.0. The molecule has 1 saturated heterocycles. The van der Waals surface area contributed by atoms with Crippen LogP contribution < -0.4 is 15.1 Å². The number of carbonyl (C=O) groups is 2. The minimum atomic E-state index is -1.19. The molecule has 1 aromatic heterocycles. The highest BCUT2D eigenvalue weighted by molar-refractivity contribution is 7.81. The Kier molecular flexibility index (Phi) is 6.08. The lowest BCUT2D eigenvalue weighted by atomic mass is 10.0. The molecule has 4 rings (SSSR count). The van der Waals surface area contributed by atoms with E-state index in [1.165, 1.54) is 44.9 Å². The summed E-state index contributed by atoms with van der Waals surface area (Å²) in [5.74, 6) is -2.18. The number of nitrogens with one attached hydrogen (secondary N) is 1. The van der Waals surface area contributed by atoms with E-state index in [-0.39, 0.29) is 28.6 Å². The third-order valence-corrected chi connectivity index (χ3v) is 6.13. The van der Waals surface area contributed by atoms with Gasteiger partial charge in [0.05, 0.1) is 12.3 Å². The van der Waals surface area contributed by atoms with Crippen molar-refractivity contribution in [2.45, 2.75) is 25.9 Å². The molecule has 0 bridgehead atoms. The van der Waals surface area contributed by atoms with Crippen molar-refractivity contribution in [1.29, 1.82) is 0 Å². The molecule has 2 heterocycles. The van der Waals surface area contributed by atoms with Gasteiger partial charge in [0.25, 0.3) is 11.8 Å². The number of halogens is 2. The summed E-state index contributed by atoms with van der Waals surface area (Å²) in [5.41, 5.74) is -0.273. The monoisotopic (exact) mass is 494 g/mol. The zero-order valence-electron chi connectivity index (χ0n) is 19.0. The van der Waals surface area contributed by atoms with E-state index in [1.807, 2.05) is 0 Å². The Bertz CT molecular complexity index is 1410. The van der Waals surface area contributed by atoms with Crippen molar-refractivity contribution in [2.75, 3.05) is 9.80 Å². The van der Waals surface area contributed by atoms with E-state index in [9.17, 15) is 18.4 Å². The van der Waals surface area contributed by atoms with Crippen molar-refractivity contribution in [1.82, 2.24) is 15.1 Å². The molecular weight excluding hydrogens is 474 g/mol. The fraction of sp³-hybridized carbons (Fsp3) is 0.208. The highest BCUT2D eigenvalue weighted by Gasteiger charge is 2.50. The van der Waals surface area contributed by atoms with Crippen LogP contribution in [0.2, 0.25) is 0 Å². The summed E-state index contributed by atoms with van der Waals surface area (Å²) in [6.07, 6.45) is 1.49. The summed E-state index contributed by atoms with van der Waals surface area (Å²) in [6.45, 7) is 10.2. The van der Waals surface area contributed by atoms with E-state index < -0.39 is 29.0 Å². The van der Waals surface area contributed by atoms with Gasteiger partial charge in [0.15, 0.2) is 5.11 Å². The van der Waals surface area contributed by atoms with Crippen LogP contribution in [-0.2, 0) is 18.4 Å². The predicted molar refractivity (Wildman–Crippen MR) is 130 cm³/mol. The first-order valence-electron chi connectivity index (χ1n) is 10.5. The summed E-state index contributed by atoms with van der Waals surface area (Å²) >= 11 is 5.54. The first kappa shape index (κ1) is 24.0. The fourth-order valence-corrected chi connectivity index (χ4v) is 4.39. The second-order valence-corrected chi connectivity index (χ2v) is 8.73. The number of anilines is 2. The zero-order valence-corrected chi connectivity index (χ0v) is 19.9. The maximum atomic E-state index is 15.0. The number of benzene rings is 2. The number of aryl methyl sites for hydroxylation is 1. The number of hydrogen-bond donors (Lipinski definition) is 1. The molecule has 11 heteroatoms. The van der Waals surface area contributed by atoms with Crippen molar-refractivity contribution in [3.63, 3.8) is 0 Å². The molecule has 1 aliphatic heterocycles. The highest BCUT2D eigenvalue weighted by Crippen LogP contribution is 2.37. The molecule has 3 aromatic rings. The van der Waals surface area contributed by atoms with Crippen LogP contribution in [0.25, 0.3) is 4.85 Å². The van der Waals surface area contributed by atoms with Gasteiger partial charge in [-0.3, -0.25) is 19.2 Å². The Morgan fingerprint density at radius 1 is 1.14 bits per heavy atom. The van der Waals surface area contributed by atoms with Crippen molar-refractivity contribution >= 4 is 46.2 Å². The molecule has 0 aliphatic carbocycles. The standard InChI is InChI=1S/C24H20F2N6O2S/c1-24(2)22(34)31(15-7-8-19(27-3)18(26)11-15)23(35)32(24)16-6-5-14(17(25)12-16)13-28-21(33)20-9-10-29-30(20)4/h5-12H,13H2,1-2,4H3,(H,28,33). The van der Waals surface area contributed by atoms with E-state index >= 15 is 0 Å². The van der Waals surface area contributed by atoms with E-state index in [0.717, 1.165) is 6.07 Å². The van der Waals surface area contributed by atoms with Crippen LogP contribution in [-0.4, -0.2) is 32.2 Å². The first-order valence-corrected chi connectivity index (χ1v) is 10.9. The lowest BCUT2D eigenvalue weighted by Crippen LogP contribution is -2.44. The largest absolute Gasteiger partial charge is 0.347 e. The van der Waals surface area contributed by atoms with Crippen LogP contribution in [0.4, 0.5) is 25.8 Å². The van der Waals surface area contributed by atoms with Crippen molar-refractivity contribution in [3.05, 3.63) is 83.0 Å². The quantitative estimate of drug-likeness (QED) is 0.427. The number of amides is 2. The maximum Gasteiger partial charge on any atom is 0.269 e. The molecule has 8 nitrogen and oxygen atoms in total. The smallest absolute Gasteiger partial charge is 0.269 e. The van der Waals surface area contributed by atoms with Crippen LogP contribution in [0.3, 0.4) is 0 Å². The second-order valence-electron chi connectivity index (χ2n) is 8.36. The molecule has 0 atom stereocenters. The number of thiocarbonyl (C=S) groups is 1. The number of rotatable bonds is 5. The Labute approximate surface area is 205 Å². The molecule has 1 fully saturated rings. The van der Waals surface area contributed by atoms with Gasteiger partial charge in [-0.05, 0) is 56.4 Å². The molecular formula is C24H20F2N6O2S. The first-order chi connectivity index (χ1) is 16.6. The van der Waals surface area contributed by atoms with E-state index in [4.69, 9.17) is 18.8 Å². The number of nitrogens with zero attached hydrogens (tertiary/aromatic N) is 5. The number of hydrogen-bond acceptors (Lipinski definition) is 4. The van der Waals surface area contributed by atoms with Crippen LogP contribution in [0.15, 0.2) is 48.7 Å². The van der Waals surface area contributed by atoms with Gasteiger partial charge in [-0.25, -0.2) is 13.6 Å². The van der Waals surface area contributed by atoms with E-state index in [0.29, 0.717) is 11.4 Å². The molecule has 1 N–H and O–H groups in total.